The highest BCUT2D eigenvalue weighted by atomic mass is 14.3. The molecule has 0 amide bonds. The molecule has 0 heterocycles. The maximum atomic E-state index is 2.43. The summed E-state index contributed by atoms with van der Waals surface area (Å²) in [6.45, 7) is 2.43. The van der Waals surface area contributed by atoms with Crippen molar-refractivity contribution in [3.05, 3.63) is 0 Å². The lowest BCUT2D eigenvalue weighted by molar-refractivity contribution is 0.149. The van der Waals surface area contributed by atoms with Crippen LogP contribution < -0.4 is 0 Å². The van der Waals surface area contributed by atoms with Crippen molar-refractivity contribution < 1.29 is 0 Å². The summed E-state index contributed by atoms with van der Waals surface area (Å²) in [7, 11) is 0. The lowest BCUT2D eigenvalue weighted by atomic mass is 9.69. The topological polar surface area (TPSA) is 0 Å². The van der Waals surface area contributed by atoms with E-state index in [1.165, 1.54) is 19.3 Å². The molecule has 0 aliphatic heterocycles. The normalized spacial score (nSPS) is 30.4. The van der Waals surface area contributed by atoms with Gasteiger partial charge in [-0.2, -0.15) is 0 Å². The molecule has 0 radical (unpaired) electrons. The van der Waals surface area contributed by atoms with Crippen molar-refractivity contribution in [1.29, 1.82) is 0 Å². The van der Waals surface area contributed by atoms with Crippen LogP contribution in [0, 0.1) is 29.6 Å². The van der Waals surface area contributed by atoms with E-state index >= 15 is 0 Å². The van der Waals surface area contributed by atoms with Crippen molar-refractivity contribution >= 4 is 0 Å². The molecule has 3 rings (SSSR count). The average molecular weight is 305 g/mol. The monoisotopic (exact) mass is 304 g/mol. The highest BCUT2D eigenvalue weighted by Gasteiger charge is 2.29. The molecule has 22 heavy (non-hydrogen) atoms. The van der Waals surface area contributed by atoms with Gasteiger partial charge in [0.1, 0.15) is 0 Å². The van der Waals surface area contributed by atoms with Gasteiger partial charge < -0.3 is 0 Å². The fourth-order valence-electron chi connectivity index (χ4n) is 5.10. The van der Waals surface area contributed by atoms with Crippen LogP contribution in [0.1, 0.15) is 110 Å². The van der Waals surface area contributed by atoms with Crippen molar-refractivity contribution in [3.8, 4) is 0 Å². The van der Waals surface area contributed by atoms with E-state index in [-0.39, 0.29) is 0 Å². The summed E-state index contributed by atoms with van der Waals surface area (Å²) >= 11 is 0. The molecule has 3 fully saturated rings. The second kappa shape index (κ2) is 8.74. The van der Waals surface area contributed by atoms with Gasteiger partial charge in [0.25, 0.3) is 0 Å². The zero-order valence-corrected chi connectivity index (χ0v) is 15.2. The average Bonchev–Trinajstić information content (AvgIpc) is 2.38. The van der Waals surface area contributed by atoms with Crippen LogP contribution in [0.15, 0.2) is 0 Å². The zero-order valence-electron chi connectivity index (χ0n) is 15.2. The summed E-state index contributed by atoms with van der Waals surface area (Å²) in [6.07, 6.45) is 24.7. The highest BCUT2D eigenvalue weighted by molar-refractivity contribution is 4.81. The van der Waals surface area contributed by atoms with E-state index in [4.69, 9.17) is 0 Å². The Balaban J connectivity index is 1.17. The molecule has 0 bridgehead atoms. The molecule has 128 valence electrons. The van der Waals surface area contributed by atoms with Crippen molar-refractivity contribution in [1.82, 2.24) is 0 Å². The minimum absolute atomic E-state index is 1.05. The van der Waals surface area contributed by atoms with Crippen LogP contribution in [-0.2, 0) is 0 Å². The summed E-state index contributed by atoms with van der Waals surface area (Å²) < 4.78 is 0. The van der Waals surface area contributed by atoms with Crippen molar-refractivity contribution in [2.45, 2.75) is 110 Å². The van der Waals surface area contributed by atoms with Gasteiger partial charge in [-0.3, -0.25) is 0 Å². The molecule has 0 aromatic rings. The number of rotatable bonds is 11. The molecule has 0 aromatic carbocycles. The summed E-state index contributed by atoms with van der Waals surface area (Å²) in [5, 5.41) is 0. The van der Waals surface area contributed by atoms with E-state index in [9.17, 15) is 0 Å². The van der Waals surface area contributed by atoms with Crippen LogP contribution in [0.5, 0.6) is 0 Å². The van der Waals surface area contributed by atoms with Gasteiger partial charge in [-0.25, -0.2) is 0 Å². The summed E-state index contributed by atoms with van der Waals surface area (Å²) in [5.74, 6) is 5.56. The first-order valence-corrected chi connectivity index (χ1v) is 10.8. The molecule has 0 saturated heterocycles. The van der Waals surface area contributed by atoms with Gasteiger partial charge in [-0.05, 0) is 42.4 Å². The number of hydrogen-bond donors (Lipinski definition) is 0. The van der Waals surface area contributed by atoms with E-state index in [0.29, 0.717) is 0 Å². The second-order valence-corrected chi connectivity index (χ2v) is 9.16. The molecule has 0 spiro atoms. The highest BCUT2D eigenvalue weighted by Crippen LogP contribution is 2.42. The Bertz CT molecular complexity index is 293. The fourth-order valence-corrected chi connectivity index (χ4v) is 5.10. The third-order valence-electron chi connectivity index (χ3n) is 7.55. The summed E-state index contributed by atoms with van der Waals surface area (Å²) in [6, 6.07) is 0. The first-order valence-electron chi connectivity index (χ1n) is 10.8. The van der Waals surface area contributed by atoms with Gasteiger partial charge in [0.05, 0.1) is 0 Å². The van der Waals surface area contributed by atoms with Gasteiger partial charge in [0.15, 0.2) is 0 Å². The van der Waals surface area contributed by atoms with Crippen LogP contribution >= 0.6 is 0 Å². The van der Waals surface area contributed by atoms with E-state index in [2.05, 4.69) is 6.92 Å². The molecular weight excluding hydrogens is 264 g/mol. The van der Waals surface area contributed by atoms with Gasteiger partial charge in [-0.1, -0.05) is 96.8 Å². The Labute approximate surface area is 139 Å². The molecule has 0 N–H and O–H groups in total. The molecule has 0 heteroatoms. The van der Waals surface area contributed by atoms with Gasteiger partial charge >= 0.3 is 0 Å². The van der Waals surface area contributed by atoms with E-state index < -0.39 is 0 Å². The quantitative estimate of drug-likeness (QED) is 0.374. The minimum atomic E-state index is 1.05. The van der Waals surface area contributed by atoms with Crippen LogP contribution in [0.2, 0.25) is 0 Å². The fraction of sp³-hybridized carbons (Fsp3) is 1.00. The smallest absolute Gasteiger partial charge is 0.0409 e. The van der Waals surface area contributed by atoms with Gasteiger partial charge in [0, 0.05) is 0 Å². The summed E-state index contributed by atoms with van der Waals surface area (Å²) in [5.41, 5.74) is 0. The van der Waals surface area contributed by atoms with Crippen LogP contribution in [-0.4, -0.2) is 0 Å². The third-order valence-corrected chi connectivity index (χ3v) is 7.55. The Hall–Kier alpha value is 0. The van der Waals surface area contributed by atoms with Crippen LogP contribution in [0.25, 0.3) is 0 Å². The molecule has 3 saturated carbocycles. The Kier molecular flexibility index (Phi) is 6.69. The zero-order chi connectivity index (χ0) is 15.2. The van der Waals surface area contributed by atoms with Crippen LogP contribution in [0.4, 0.5) is 0 Å². The molecule has 3 aliphatic rings. The molecule has 1 atom stereocenters. The summed E-state index contributed by atoms with van der Waals surface area (Å²) in [4.78, 5) is 0. The third kappa shape index (κ3) is 5.00. The molecule has 0 nitrogen and oxygen atoms in total. The van der Waals surface area contributed by atoms with Gasteiger partial charge in [0.2, 0.25) is 0 Å². The maximum Gasteiger partial charge on any atom is -0.0409 e. The number of hydrogen-bond acceptors (Lipinski definition) is 0. The maximum absolute atomic E-state index is 2.43. The van der Waals surface area contributed by atoms with E-state index in [1.54, 1.807) is 83.5 Å². The SMILES string of the molecule is CCC(CCC1CCC1)CCC1CC(CCCC2CCC2)C1. The standard InChI is InChI=1S/C22H40/c1-2-18(12-14-20-9-4-10-20)13-15-22-16-21(17-22)11-5-8-19-6-3-7-19/h18-22H,2-17H2,1H3. The molecule has 3 aliphatic carbocycles. The molecule has 0 aromatic heterocycles. The lowest BCUT2D eigenvalue weighted by Gasteiger charge is -2.37. The lowest BCUT2D eigenvalue weighted by Crippen LogP contribution is -2.24. The minimum Gasteiger partial charge on any atom is -0.0651 e. The van der Waals surface area contributed by atoms with Crippen molar-refractivity contribution in [2.75, 3.05) is 0 Å². The Morgan fingerprint density at radius 3 is 1.73 bits per heavy atom. The second-order valence-electron chi connectivity index (χ2n) is 9.16. The van der Waals surface area contributed by atoms with Crippen molar-refractivity contribution in [2.24, 2.45) is 29.6 Å². The largest absolute Gasteiger partial charge is 0.0651 e. The Morgan fingerprint density at radius 2 is 1.18 bits per heavy atom. The van der Waals surface area contributed by atoms with Crippen LogP contribution in [0.3, 0.4) is 0 Å². The molecule has 1 unspecified atom stereocenters. The van der Waals surface area contributed by atoms with Crippen molar-refractivity contribution in [3.63, 3.8) is 0 Å². The first-order chi connectivity index (χ1) is 10.8. The first kappa shape index (κ1) is 16.8. The predicted molar refractivity (Wildman–Crippen MR) is 97.0 cm³/mol. The molecular formula is C22H40. The Morgan fingerprint density at radius 1 is 0.682 bits per heavy atom. The van der Waals surface area contributed by atoms with Gasteiger partial charge in [-0.15, -0.1) is 0 Å². The van der Waals surface area contributed by atoms with E-state index in [1.807, 2.05) is 0 Å². The predicted octanol–water partition coefficient (Wildman–Crippen LogP) is 7.37. The van der Waals surface area contributed by atoms with E-state index in [0.717, 1.165) is 29.6 Å².